The van der Waals surface area contributed by atoms with Crippen LogP contribution >= 0.6 is 0 Å². The fourth-order valence-corrected chi connectivity index (χ4v) is 2.59. The lowest BCUT2D eigenvalue weighted by Gasteiger charge is -2.31. The molecule has 1 saturated carbocycles. The molecule has 72 valence electrons. The Labute approximate surface area is 76.5 Å². The molecule has 1 aliphatic rings. The predicted octanol–water partition coefficient (Wildman–Crippen LogP) is 3.10. The Hall–Kier alpha value is -0.0400. The maximum atomic E-state index is 5.25. The van der Waals surface area contributed by atoms with Crippen molar-refractivity contribution in [3.63, 3.8) is 0 Å². The molecule has 0 spiro atoms. The molecular weight excluding hydrogens is 148 g/mol. The molecule has 0 unspecified atom stereocenters. The zero-order valence-electron chi connectivity index (χ0n) is 8.89. The van der Waals surface area contributed by atoms with Crippen molar-refractivity contribution in [2.75, 3.05) is 13.7 Å². The first kappa shape index (κ1) is 10.0. The summed E-state index contributed by atoms with van der Waals surface area (Å²) in [7, 11) is 1.82. The highest BCUT2D eigenvalue weighted by Gasteiger charge is 2.35. The summed E-state index contributed by atoms with van der Waals surface area (Å²) in [5.74, 6) is 1.69. The number of hydrogen-bond acceptors (Lipinski definition) is 1. The summed E-state index contributed by atoms with van der Waals surface area (Å²) in [4.78, 5) is 0. The van der Waals surface area contributed by atoms with E-state index in [2.05, 4.69) is 20.8 Å². The minimum absolute atomic E-state index is 0.472. The lowest BCUT2D eigenvalue weighted by Crippen LogP contribution is -2.26. The van der Waals surface area contributed by atoms with Crippen molar-refractivity contribution < 1.29 is 4.74 Å². The van der Waals surface area contributed by atoms with Crippen molar-refractivity contribution in [2.45, 2.75) is 40.0 Å². The van der Waals surface area contributed by atoms with Crippen LogP contribution in [0.4, 0.5) is 0 Å². The van der Waals surface area contributed by atoms with Crippen LogP contribution in [0, 0.1) is 17.3 Å². The fraction of sp³-hybridized carbons (Fsp3) is 1.00. The third-order valence-corrected chi connectivity index (χ3v) is 3.15. The van der Waals surface area contributed by atoms with E-state index >= 15 is 0 Å². The van der Waals surface area contributed by atoms with E-state index in [1.54, 1.807) is 0 Å². The Balaban J connectivity index is 2.52. The molecule has 0 aromatic heterocycles. The summed E-state index contributed by atoms with van der Waals surface area (Å²) in [5, 5.41) is 0. The van der Waals surface area contributed by atoms with Gasteiger partial charge in [-0.3, -0.25) is 0 Å². The molecule has 0 aromatic rings. The van der Waals surface area contributed by atoms with Crippen LogP contribution in [-0.4, -0.2) is 13.7 Å². The Morgan fingerprint density at radius 1 is 1.25 bits per heavy atom. The molecule has 0 N–H and O–H groups in total. The van der Waals surface area contributed by atoms with Crippen molar-refractivity contribution in [3.8, 4) is 0 Å². The minimum Gasteiger partial charge on any atom is -0.384 e. The highest BCUT2D eigenvalue weighted by Crippen LogP contribution is 2.43. The van der Waals surface area contributed by atoms with E-state index in [1.807, 2.05) is 7.11 Å². The molecule has 0 radical (unpaired) electrons. The van der Waals surface area contributed by atoms with Gasteiger partial charge in [-0.25, -0.2) is 0 Å². The zero-order chi connectivity index (χ0) is 9.19. The molecular formula is C11H22O. The second-order valence-corrected chi connectivity index (χ2v) is 5.12. The van der Waals surface area contributed by atoms with E-state index in [9.17, 15) is 0 Å². The standard InChI is InChI=1S/C11H22O/c1-11(2,3)10-7-5-6-9(10)8-12-4/h9-10H,5-8H2,1-4H3/t9-,10-/m1/s1. The number of hydrogen-bond donors (Lipinski definition) is 0. The number of methoxy groups -OCH3 is 1. The average molecular weight is 170 g/mol. The van der Waals surface area contributed by atoms with Crippen LogP contribution in [0.25, 0.3) is 0 Å². The van der Waals surface area contributed by atoms with Gasteiger partial charge in [0.25, 0.3) is 0 Å². The number of rotatable bonds is 2. The molecule has 0 saturated heterocycles. The molecule has 12 heavy (non-hydrogen) atoms. The minimum atomic E-state index is 0.472. The summed E-state index contributed by atoms with van der Waals surface area (Å²) in [6, 6.07) is 0. The first-order valence-electron chi connectivity index (χ1n) is 5.04. The van der Waals surface area contributed by atoms with Crippen molar-refractivity contribution in [1.29, 1.82) is 0 Å². The first-order valence-corrected chi connectivity index (χ1v) is 5.04. The van der Waals surface area contributed by atoms with E-state index in [0.717, 1.165) is 18.4 Å². The summed E-state index contributed by atoms with van der Waals surface area (Å²) in [5.41, 5.74) is 0.472. The summed E-state index contributed by atoms with van der Waals surface area (Å²) < 4.78 is 5.25. The molecule has 1 rings (SSSR count). The second kappa shape index (κ2) is 3.78. The Bertz CT molecular complexity index is 134. The smallest absolute Gasteiger partial charge is 0.0493 e. The molecule has 0 aliphatic heterocycles. The molecule has 2 atom stereocenters. The predicted molar refractivity (Wildman–Crippen MR) is 52.2 cm³/mol. The van der Waals surface area contributed by atoms with Gasteiger partial charge in [-0.05, 0) is 30.1 Å². The molecule has 0 amide bonds. The van der Waals surface area contributed by atoms with E-state index in [-0.39, 0.29) is 0 Å². The van der Waals surface area contributed by atoms with Gasteiger partial charge in [-0.15, -0.1) is 0 Å². The second-order valence-electron chi connectivity index (χ2n) is 5.12. The first-order chi connectivity index (χ1) is 5.55. The van der Waals surface area contributed by atoms with Gasteiger partial charge in [0.05, 0.1) is 0 Å². The Kier molecular flexibility index (Phi) is 3.16. The van der Waals surface area contributed by atoms with Gasteiger partial charge in [-0.1, -0.05) is 27.2 Å². The van der Waals surface area contributed by atoms with E-state index < -0.39 is 0 Å². The summed E-state index contributed by atoms with van der Waals surface area (Å²) >= 11 is 0. The molecule has 1 heteroatoms. The molecule has 0 bridgehead atoms. The maximum absolute atomic E-state index is 5.25. The van der Waals surface area contributed by atoms with Crippen LogP contribution in [-0.2, 0) is 4.74 Å². The van der Waals surface area contributed by atoms with E-state index in [1.165, 1.54) is 19.3 Å². The Morgan fingerprint density at radius 3 is 2.42 bits per heavy atom. The van der Waals surface area contributed by atoms with Crippen molar-refractivity contribution in [2.24, 2.45) is 17.3 Å². The van der Waals surface area contributed by atoms with Gasteiger partial charge >= 0.3 is 0 Å². The fourth-order valence-electron chi connectivity index (χ4n) is 2.59. The Morgan fingerprint density at radius 2 is 1.92 bits per heavy atom. The van der Waals surface area contributed by atoms with Gasteiger partial charge in [0.15, 0.2) is 0 Å². The van der Waals surface area contributed by atoms with E-state index in [0.29, 0.717) is 5.41 Å². The van der Waals surface area contributed by atoms with Gasteiger partial charge in [0, 0.05) is 13.7 Å². The van der Waals surface area contributed by atoms with Crippen molar-refractivity contribution in [1.82, 2.24) is 0 Å². The molecule has 0 aromatic carbocycles. The van der Waals surface area contributed by atoms with Crippen molar-refractivity contribution in [3.05, 3.63) is 0 Å². The quantitative estimate of drug-likeness (QED) is 0.619. The topological polar surface area (TPSA) is 9.23 Å². The normalized spacial score (nSPS) is 31.0. The van der Waals surface area contributed by atoms with Crippen LogP contribution in [0.3, 0.4) is 0 Å². The summed E-state index contributed by atoms with van der Waals surface area (Å²) in [6.07, 6.45) is 4.17. The van der Waals surface area contributed by atoms with Gasteiger partial charge in [0.1, 0.15) is 0 Å². The van der Waals surface area contributed by atoms with Gasteiger partial charge in [-0.2, -0.15) is 0 Å². The SMILES string of the molecule is COC[C@H]1CCC[C@H]1C(C)(C)C. The molecule has 0 heterocycles. The van der Waals surface area contributed by atoms with Crippen LogP contribution in [0.15, 0.2) is 0 Å². The van der Waals surface area contributed by atoms with Crippen LogP contribution in [0.2, 0.25) is 0 Å². The van der Waals surface area contributed by atoms with Gasteiger partial charge < -0.3 is 4.74 Å². The highest BCUT2D eigenvalue weighted by molar-refractivity contribution is 4.85. The van der Waals surface area contributed by atoms with Crippen molar-refractivity contribution >= 4 is 0 Å². The van der Waals surface area contributed by atoms with Crippen LogP contribution in [0.1, 0.15) is 40.0 Å². The zero-order valence-corrected chi connectivity index (χ0v) is 8.89. The van der Waals surface area contributed by atoms with Crippen LogP contribution < -0.4 is 0 Å². The average Bonchev–Trinajstić information content (AvgIpc) is 2.34. The molecule has 1 fully saturated rings. The lowest BCUT2D eigenvalue weighted by molar-refractivity contribution is 0.0901. The monoisotopic (exact) mass is 170 g/mol. The largest absolute Gasteiger partial charge is 0.384 e. The third kappa shape index (κ3) is 2.22. The van der Waals surface area contributed by atoms with E-state index in [4.69, 9.17) is 4.74 Å². The third-order valence-electron chi connectivity index (χ3n) is 3.15. The van der Waals surface area contributed by atoms with Gasteiger partial charge in [0.2, 0.25) is 0 Å². The van der Waals surface area contributed by atoms with Crippen LogP contribution in [0.5, 0.6) is 0 Å². The lowest BCUT2D eigenvalue weighted by atomic mass is 9.75. The summed E-state index contributed by atoms with van der Waals surface area (Å²) in [6.45, 7) is 8.02. The highest BCUT2D eigenvalue weighted by atomic mass is 16.5. The maximum Gasteiger partial charge on any atom is 0.0493 e. The molecule has 1 aliphatic carbocycles. The molecule has 1 nitrogen and oxygen atoms in total. The number of ether oxygens (including phenoxy) is 1.